The Bertz CT molecular complexity index is 739. The summed E-state index contributed by atoms with van der Waals surface area (Å²) in [6.07, 6.45) is 0.613. The van der Waals surface area contributed by atoms with Gasteiger partial charge in [-0.1, -0.05) is 6.07 Å². The zero-order valence-electron chi connectivity index (χ0n) is 15.3. The topological polar surface area (TPSA) is 103 Å². The zero-order chi connectivity index (χ0) is 19.5. The molecule has 1 saturated heterocycles. The van der Waals surface area contributed by atoms with E-state index in [4.69, 9.17) is 14.2 Å². The molecule has 0 bridgehead atoms. The summed E-state index contributed by atoms with van der Waals surface area (Å²) < 4.78 is 15.2. The van der Waals surface area contributed by atoms with E-state index in [1.165, 1.54) is 20.0 Å². The summed E-state index contributed by atoms with van der Waals surface area (Å²) in [6, 6.07) is 6.67. The third-order valence-electron chi connectivity index (χ3n) is 3.01. The van der Waals surface area contributed by atoms with Crippen molar-refractivity contribution in [2.75, 3.05) is 10.6 Å². The summed E-state index contributed by atoms with van der Waals surface area (Å²) in [6.45, 7) is 8.23. The maximum atomic E-state index is 11.9. The quantitative estimate of drug-likeness (QED) is 0.483. The number of ether oxygens (including phenoxy) is 3. The summed E-state index contributed by atoms with van der Waals surface area (Å²) in [5.74, 6) is -2.84. The van der Waals surface area contributed by atoms with Crippen LogP contribution < -0.4 is 10.6 Å². The highest BCUT2D eigenvalue weighted by Crippen LogP contribution is 2.23. The lowest BCUT2D eigenvalue weighted by Gasteiger charge is -2.29. The van der Waals surface area contributed by atoms with Gasteiger partial charge in [-0.2, -0.15) is 0 Å². The van der Waals surface area contributed by atoms with Gasteiger partial charge in [0, 0.05) is 31.4 Å². The fraction of sp³-hybridized carbons (Fsp3) is 0.389. The zero-order valence-corrected chi connectivity index (χ0v) is 15.3. The Morgan fingerprint density at radius 2 is 1.69 bits per heavy atom. The van der Waals surface area contributed by atoms with Crippen LogP contribution in [0.3, 0.4) is 0 Å². The number of nitrogens with one attached hydrogen (secondary N) is 2. The van der Waals surface area contributed by atoms with Crippen LogP contribution in [0.4, 0.5) is 16.2 Å². The summed E-state index contributed by atoms with van der Waals surface area (Å²) >= 11 is 0. The van der Waals surface area contributed by atoms with Crippen LogP contribution in [0, 0.1) is 0 Å². The SMILES string of the molecule is CC(C)(C)OC(=O)Nc1cccc(NC=C2C(=O)OC(C)(C)OC2=O)c1. The van der Waals surface area contributed by atoms with E-state index in [0.29, 0.717) is 11.4 Å². The fourth-order valence-corrected chi connectivity index (χ4v) is 2.04. The van der Waals surface area contributed by atoms with Crippen LogP contribution in [0.15, 0.2) is 36.0 Å². The molecule has 0 radical (unpaired) electrons. The van der Waals surface area contributed by atoms with Crippen LogP contribution in [-0.4, -0.2) is 29.4 Å². The highest BCUT2D eigenvalue weighted by molar-refractivity contribution is 6.15. The molecule has 0 spiro atoms. The highest BCUT2D eigenvalue weighted by atomic mass is 16.7. The molecule has 0 atom stereocenters. The number of hydrogen-bond acceptors (Lipinski definition) is 7. The molecule has 2 rings (SSSR count). The van der Waals surface area contributed by atoms with Crippen LogP contribution in [-0.2, 0) is 23.8 Å². The number of anilines is 2. The van der Waals surface area contributed by atoms with Crippen molar-refractivity contribution in [1.82, 2.24) is 0 Å². The van der Waals surface area contributed by atoms with Crippen molar-refractivity contribution in [2.45, 2.75) is 46.0 Å². The van der Waals surface area contributed by atoms with Gasteiger partial charge >= 0.3 is 18.0 Å². The molecule has 1 aliphatic rings. The molecule has 140 valence electrons. The van der Waals surface area contributed by atoms with Gasteiger partial charge in [0.05, 0.1) is 0 Å². The van der Waals surface area contributed by atoms with Crippen molar-refractivity contribution >= 4 is 29.4 Å². The largest absolute Gasteiger partial charge is 0.444 e. The minimum absolute atomic E-state index is 0.255. The predicted octanol–water partition coefficient (Wildman–Crippen LogP) is 3.17. The number of benzene rings is 1. The first-order valence-corrected chi connectivity index (χ1v) is 7.99. The normalized spacial score (nSPS) is 16.3. The third kappa shape index (κ3) is 5.51. The Hall–Kier alpha value is -3.03. The van der Waals surface area contributed by atoms with Gasteiger partial charge in [0.15, 0.2) is 5.57 Å². The Morgan fingerprint density at radius 3 is 2.27 bits per heavy atom. The number of amides is 1. The molecular formula is C18H22N2O6. The third-order valence-corrected chi connectivity index (χ3v) is 3.01. The lowest BCUT2D eigenvalue weighted by Crippen LogP contribution is -2.42. The molecule has 1 aromatic rings. The van der Waals surface area contributed by atoms with E-state index in [9.17, 15) is 14.4 Å². The average Bonchev–Trinajstić information content (AvgIpc) is 2.43. The highest BCUT2D eigenvalue weighted by Gasteiger charge is 2.38. The fourth-order valence-electron chi connectivity index (χ4n) is 2.04. The van der Waals surface area contributed by atoms with Crippen molar-refractivity contribution in [3.8, 4) is 0 Å². The van der Waals surface area contributed by atoms with E-state index in [1.54, 1.807) is 45.0 Å². The van der Waals surface area contributed by atoms with Crippen molar-refractivity contribution in [2.24, 2.45) is 0 Å². The lowest BCUT2D eigenvalue weighted by atomic mass is 10.2. The van der Waals surface area contributed by atoms with Crippen molar-refractivity contribution < 1.29 is 28.6 Å². The number of rotatable bonds is 3. The van der Waals surface area contributed by atoms with E-state index in [-0.39, 0.29) is 5.57 Å². The molecule has 1 amide bonds. The minimum Gasteiger partial charge on any atom is -0.444 e. The van der Waals surface area contributed by atoms with Gasteiger partial charge < -0.3 is 19.5 Å². The predicted molar refractivity (Wildman–Crippen MR) is 94.3 cm³/mol. The molecule has 1 aromatic carbocycles. The smallest absolute Gasteiger partial charge is 0.412 e. The van der Waals surface area contributed by atoms with E-state index < -0.39 is 29.4 Å². The van der Waals surface area contributed by atoms with Crippen LogP contribution >= 0.6 is 0 Å². The van der Waals surface area contributed by atoms with Gasteiger partial charge in [-0.15, -0.1) is 0 Å². The van der Waals surface area contributed by atoms with Gasteiger partial charge in [0.1, 0.15) is 5.60 Å². The summed E-state index contributed by atoms with van der Waals surface area (Å²) in [7, 11) is 0. The summed E-state index contributed by atoms with van der Waals surface area (Å²) in [4.78, 5) is 35.6. The summed E-state index contributed by atoms with van der Waals surface area (Å²) in [5, 5.41) is 5.41. The molecule has 8 nitrogen and oxygen atoms in total. The second-order valence-corrected chi connectivity index (χ2v) is 7.09. The Kier molecular flexibility index (Phi) is 5.25. The Balaban J connectivity index is 2.06. The first-order chi connectivity index (χ1) is 12.0. The number of esters is 2. The number of hydrogen-bond donors (Lipinski definition) is 2. The second kappa shape index (κ2) is 7.07. The van der Waals surface area contributed by atoms with Crippen LogP contribution in [0.1, 0.15) is 34.6 Å². The van der Waals surface area contributed by atoms with E-state index in [0.717, 1.165) is 0 Å². The van der Waals surface area contributed by atoms with Crippen LogP contribution in [0.2, 0.25) is 0 Å². The first-order valence-electron chi connectivity index (χ1n) is 7.99. The molecule has 0 saturated carbocycles. The molecule has 8 heteroatoms. The molecule has 2 N–H and O–H groups in total. The van der Waals surface area contributed by atoms with Gasteiger partial charge in [-0.25, -0.2) is 14.4 Å². The maximum Gasteiger partial charge on any atom is 0.412 e. The van der Waals surface area contributed by atoms with Gasteiger partial charge in [-0.05, 0) is 39.0 Å². The van der Waals surface area contributed by atoms with Crippen LogP contribution in [0.25, 0.3) is 0 Å². The number of carbonyl (C=O) groups is 3. The lowest BCUT2D eigenvalue weighted by molar-refractivity contribution is -0.222. The molecule has 0 aromatic heterocycles. The van der Waals surface area contributed by atoms with Crippen molar-refractivity contribution in [3.05, 3.63) is 36.0 Å². The molecular weight excluding hydrogens is 340 g/mol. The Morgan fingerprint density at radius 1 is 1.12 bits per heavy atom. The average molecular weight is 362 g/mol. The Labute approximate surface area is 151 Å². The first kappa shape index (κ1) is 19.3. The van der Waals surface area contributed by atoms with Gasteiger partial charge in [0.2, 0.25) is 0 Å². The molecule has 1 aliphatic heterocycles. The van der Waals surface area contributed by atoms with Crippen LogP contribution in [0.5, 0.6) is 0 Å². The van der Waals surface area contributed by atoms with Crippen molar-refractivity contribution in [1.29, 1.82) is 0 Å². The van der Waals surface area contributed by atoms with Gasteiger partial charge in [0.25, 0.3) is 5.79 Å². The van der Waals surface area contributed by atoms with Crippen molar-refractivity contribution in [3.63, 3.8) is 0 Å². The molecule has 1 fully saturated rings. The standard InChI is InChI=1S/C18H22N2O6/c1-17(2,3)26-16(23)20-12-8-6-7-11(9-12)19-10-13-14(21)24-18(4,5)25-15(13)22/h6-10,19H,1-5H3,(H,20,23). The maximum absolute atomic E-state index is 11.9. The second-order valence-electron chi connectivity index (χ2n) is 7.09. The van der Waals surface area contributed by atoms with E-state index in [2.05, 4.69) is 10.6 Å². The van der Waals surface area contributed by atoms with E-state index >= 15 is 0 Å². The molecule has 0 aliphatic carbocycles. The molecule has 0 unspecified atom stereocenters. The monoisotopic (exact) mass is 362 g/mol. The summed E-state index contributed by atoms with van der Waals surface area (Å²) in [5.41, 5.74) is 0.156. The van der Waals surface area contributed by atoms with Gasteiger partial charge in [-0.3, -0.25) is 5.32 Å². The van der Waals surface area contributed by atoms with E-state index in [1.807, 2.05) is 0 Å². The molecule has 1 heterocycles. The molecule has 26 heavy (non-hydrogen) atoms. The number of carbonyl (C=O) groups excluding carboxylic acids is 3. The number of cyclic esters (lactones) is 2. The minimum atomic E-state index is -1.29.